The van der Waals surface area contributed by atoms with Crippen LogP contribution in [0.2, 0.25) is 0 Å². The molecular formula is C21H14O2. The molecule has 23 heavy (non-hydrogen) atoms. The summed E-state index contributed by atoms with van der Waals surface area (Å²) in [6, 6.07) is 13.8. The van der Waals surface area contributed by atoms with Crippen LogP contribution in [0.3, 0.4) is 0 Å². The summed E-state index contributed by atoms with van der Waals surface area (Å²) in [4.78, 5) is 25.3. The minimum Gasteiger partial charge on any atom is -0.285 e. The van der Waals surface area contributed by atoms with Gasteiger partial charge in [-0.2, -0.15) is 0 Å². The maximum Gasteiger partial charge on any atom is 0.234 e. The van der Waals surface area contributed by atoms with Crippen molar-refractivity contribution in [3.05, 3.63) is 70.3 Å². The predicted octanol–water partition coefficient (Wildman–Crippen LogP) is 4.29. The second-order valence-electron chi connectivity index (χ2n) is 6.44. The fraction of sp³-hybridized carbons (Fsp3) is 0.143. The average molecular weight is 298 g/mol. The van der Waals surface area contributed by atoms with Crippen molar-refractivity contribution in [1.29, 1.82) is 0 Å². The molecule has 3 aromatic carbocycles. The van der Waals surface area contributed by atoms with Crippen LogP contribution in [0.4, 0.5) is 0 Å². The Morgan fingerprint density at radius 1 is 0.783 bits per heavy atom. The highest BCUT2D eigenvalue weighted by atomic mass is 16.2. The third-order valence-corrected chi connectivity index (χ3v) is 5.27. The minimum atomic E-state index is -0.371. The lowest BCUT2D eigenvalue weighted by molar-refractivity contribution is 0.0815. The van der Waals surface area contributed by atoms with Gasteiger partial charge in [0.05, 0.1) is 0 Å². The van der Waals surface area contributed by atoms with Gasteiger partial charge < -0.3 is 0 Å². The van der Waals surface area contributed by atoms with Crippen LogP contribution < -0.4 is 0 Å². The van der Waals surface area contributed by atoms with E-state index < -0.39 is 0 Å². The molecule has 0 aromatic heterocycles. The highest BCUT2D eigenvalue weighted by Gasteiger charge is 2.34. The molecule has 0 saturated heterocycles. The van der Waals surface area contributed by atoms with Gasteiger partial charge in [0.15, 0.2) is 0 Å². The second-order valence-corrected chi connectivity index (χ2v) is 6.44. The van der Waals surface area contributed by atoms with E-state index in [0.717, 1.165) is 29.5 Å². The summed E-state index contributed by atoms with van der Waals surface area (Å²) in [6.45, 7) is 2.12. The van der Waals surface area contributed by atoms with Gasteiger partial charge in [0.2, 0.25) is 11.6 Å². The van der Waals surface area contributed by atoms with Crippen molar-refractivity contribution in [2.45, 2.75) is 19.8 Å². The van der Waals surface area contributed by atoms with Gasteiger partial charge in [0, 0.05) is 11.1 Å². The van der Waals surface area contributed by atoms with Crippen molar-refractivity contribution >= 4 is 22.3 Å². The van der Waals surface area contributed by atoms with Crippen LogP contribution in [0, 0.1) is 6.92 Å². The third-order valence-electron chi connectivity index (χ3n) is 5.27. The second kappa shape index (κ2) is 4.17. The first-order valence-electron chi connectivity index (χ1n) is 7.93. The summed E-state index contributed by atoms with van der Waals surface area (Å²) in [5.74, 6) is -0.713. The molecule has 0 radical (unpaired) electrons. The van der Waals surface area contributed by atoms with Gasteiger partial charge in [-0.05, 0) is 64.4 Å². The number of ketones is 2. The van der Waals surface area contributed by atoms with E-state index in [0.29, 0.717) is 11.1 Å². The topological polar surface area (TPSA) is 34.1 Å². The Kier molecular flexibility index (Phi) is 2.31. The van der Waals surface area contributed by atoms with Gasteiger partial charge in [-0.3, -0.25) is 9.59 Å². The Hall–Kier alpha value is -2.74. The van der Waals surface area contributed by atoms with Crippen molar-refractivity contribution in [1.82, 2.24) is 0 Å². The highest BCUT2D eigenvalue weighted by Crippen LogP contribution is 2.43. The van der Waals surface area contributed by atoms with Crippen molar-refractivity contribution in [2.75, 3.05) is 0 Å². The molecule has 2 heteroatoms. The number of benzene rings is 3. The first kappa shape index (κ1) is 12.8. The molecule has 0 heterocycles. The lowest BCUT2D eigenvalue weighted by Gasteiger charge is -2.21. The van der Waals surface area contributed by atoms with Gasteiger partial charge >= 0.3 is 0 Å². The van der Waals surface area contributed by atoms with Gasteiger partial charge in [0.25, 0.3) is 0 Å². The monoisotopic (exact) mass is 298 g/mol. The van der Waals surface area contributed by atoms with E-state index >= 15 is 0 Å². The van der Waals surface area contributed by atoms with Gasteiger partial charge in [0.1, 0.15) is 0 Å². The molecule has 0 aliphatic heterocycles. The van der Waals surface area contributed by atoms with Crippen LogP contribution in [-0.2, 0) is 12.8 Å². The van der Waals surface area contributed by atoms with E-state index in [-0.39, 0.29) is 11.6 Å². The maximum absolute atomic E-state index is 12.8. The molecule has 0 fully saturated rings. The normalized spacial score (nSPS) is 15.0. The number of carbonyl (C=O) groups excluding carboxylic acids is 2. The number of Topliss-reactive ketones (excluding diaryl/α,β-unsaturated/α-hetero) is 2. The van der Waals surface area contributed by atoms with E-state index in [1.165, 1.54) is 21.9 Å². The molecule has 0 N–H and O–H groups in total. The predicted molar refractivity (Wildman–Crippen MR) is 90.2 cm³/mol. The standard InChI is InChI=1S/C21H14O2/c1-11-6-7-12-10-17-14-4-2-3-5-15(14)20(22)21(23)19(17)16-9-8-13(11)18(12)16/h2-7,10H,8-9H2,1H3. The number of aryl methyl sites for hydroxylation is 3. The molecule has 0 spiro atoms. The van der Waals surface area contributed by atoms with Crippen LogP contribution in [0.25, 0.3) is 21.9 Å². The molecule has 0 atom stereocenters. The number of hydrogen-bond acceptors (Lipinski definition) is 2. The molecule has 5 rings (SSSR count). The zero-order valence-corrected chi connectivity index (χ0v) is 12.8. The van der Waals surface area contributed by atoms with E-state index in [9.17, 15) is 9.59 Å². The van der Waals surface area contributed by atoms with Crippen molar-refractivity contribution in [3.63, 3.8) is 0 Å². The van der Waals surface area contributed by atoms with Crippen molar-refractivity contribution in [2.24, 2.45) is 0 Å². The number of rotatable bonds is 0. The van der Waals surface area contributed by atoms with Crippen LogP contribution in [0.15, 0.2) is 42.5 Å². The lowest BCUT2D eigenvalue weighted by Crippen LogP contribution is -2.22. The molecule has 2 aliphatic rings. The Morgan fingerprint density at radius 2 is 1.52 bits per heavy atom. The maximum atomic E-state index is 12.8. The fourth-order valence-electron chi connectivity index (χ4n) is 4.21. The van der Waals surface area contributed by atoms with E-state index in [1.807, 2.05) is 18.2 Å². The fourth-order valence-corrected chi connectivity index (χ4v) is 4.21. The number of fused-ring (bicyclic) bond motifs is 4. The molecule has 3 aromatic rings. The largest absolute Gasteiger partial charge is 0.285 e. The Labute approximate surface area is 133 Å². The summed E-state index contributed by atoms with van der Waals surface area (Å²) in [7, 11) is 0. The quantitative estimate of drug-likeness (QED) is 0.580. The zero-order chi connectivity index (χ0) is 15.7. The Morgan fingerprint density at radius 3 is 2.35 bits per heavy atom. The van der Waals surface area contributed by atoms with E-state index in [4.69, 9.17) is 0 Å². The summed E-state index contributed by atoms with van der Waals surface area (Å²) < 4.78 is 0. The molecule has 0 amide bonds. The molecule has 0 bridgehead atoms. The van der Waals surface area contributed by atoms with Crippen LogP contribution in [-0.4, -0.2) is 11.6 Å². The molecule has 0 unspecified atom stereocenters. The Balaban J connectivity index is 1.99. The molecule has 2 nitrogen and oxygen atoms in total. The van der Waals surface area contributed by atoms with Gasteiger partial charge in [-0.25, -0.2) is 0 Å². The van der Waals surface area contributed by atoms with Crippen LogP contribution in [0.1, 0.15) is 37.4 Å². The minimum absolute atomic E-state index is 0.343. The smallest absolute Gasteiger partial charge is 0.234 e. The first-order valence-corrected chi connectivity index (χ1v) is 7.93. The van der Waals surface area contributed by atoms with Crippen molar-refractivity contribution < 1.29 is 9.59 Å². The summed E-state index contributed by atoms with van der Waals surface area (Å²) in [6.07, 6.45) is 1.80. The molecule has 2 aliphatic carbocycles. The average Bonchev–Trinajstić information content (AvgIpc) is 3.02. The van der Waals surface area contributed by atoms with Crippen LogP contribution >= 0.6 is 0 Å². The van der Waals surface area contributed by atoms with Crippen LogP contribution in [0.5, 0.6) is 0 Å². The Bertz CT molecular complexity index is 1060. The van der Waals surface area contributed by atoms with Gasteiger partial charge in [-0.15, -0.1) is 0 Å². The van der Waals surface area contributed by atoms with Gasteiger partial charge in [-0.1, -0.05) is 36.4 Å². The molecular weight excluding hydrogens is 284 g/mol. The summed E-state index contributed by atoms with van der Waals surface area (Å²) in [5.41, 5.74) is 6.66. The number of hydrogen-bond donors (Lipinski definition) is 0. The number of carbonyl (C=O) groups is 2. The third kappa shape index (κ3) is 1.48. The summed E-state index contributed by atoms with van der Waals surface area (Å²) in [5, 5.41) is 2.37. The zero-order valence-electron chi connectivity index (χ0n) is 12.8. The van der Waals surface area contributed by atoms with Crippen molar-refractivity contribution in [3.8, 4) is 11.1 Å². The van der Waals surface area contributed by atoms with E-state index in [1.54, 1.807) is 6.07 Å². The first-order chi connectivity index (χ1) is 11.2. The highest BCUT2D eigenvalue weighted by molar-refractivity contribution is 6.53. The molecule has 0 saturated carbocycles. The SMILES string of the molecule is Cc1ccc2cc3c(c4c2c1CC4)C(=O)C(=O)c1ccccc1-3. The molecule has 110 valence electrons. The lowest BCUT2D eigenvalue weighted by atomic mass is 9.80. The van der Waals surface area contributed by atoms with E-state index in [2.05, 4.69) is 25.1 Å². The summed E-state index contributed by atoms with van der Waals surface area (Å²) >= 11 is 0.